The largest absolute Gasteiger partial charge is 0.395 e. The van der Waals surface area contributed by atoms with Gasteiger partial charge in [0.15, 0.2) is 0 Å². The van der Waals surface area contributed by atoms with Gasteiger partial charge in [0.2, 0.25) is 0 Å². The molecule has 0 amide bonds. The first-order chi connectivity index (χ1) is 7.06. The van der Waals surface area contributed by atoms with Gasteiger partial charge in [-0.2, -0.15) is 0 Å². The molecule has 1 aromatic carbocycles. The van der Waals surface area contributed by atoms with Crippen molar-refractivity contribution in [3.63, 3.8) is 0 Å². The summed E-state index contributed by atoms with van der Waals surface area (Å²) in [7, 11) is 0. The van der Waals surface area contributed by atoms with Gasteiger partial charge in [-0.1, -0.05) is 43.7 Å². The highest BCUT2D eigenvalue weighted by Crippen LogP contribution is 2.27. The molecule has 1 rings (SSSR count). The van der Waals surface area contributed by atoms with Crippen LogP contribution < -0.4 is 5.73 Å². The molecule has 84 valence electrons. The molecular formula is C13H21NO. The first kappa shape index (κ1) is 12.2. The molecule has 3 N–H and O–H groups in total. The van der Waals surface area contributed by atoms with Gasteiger partial charge in [0.05, 0.1) is 6.61 Å². The van der Waals surface area contributed by atoms with E-state index >= 15 is 0 Å². The number of aliphatic hydroxyl groups is 1. The van der Waals surface area contributed by atoms with Gasteiger partial charge in [0.1, 0.15) is 0 Å². The van der Waals surface area contributed by atoms with Crippen molar-refractivity contribution in [2.45, 2.75) is 32.7 Å². The van der Waals surface area contributed by atoms with E-state index in [-0.39, 0.29) is 18.6 Å². The smallest absolute Gasteiger partial charge is 0.0588 e. The Bertz CT molecular complexity index is 292. The van der Waals surface area contributed by atoms with Crippen molar-refractivity contribution < 1.29 is 5.11 Å². The maximum absolute atomic E-state index is 9.14. The quantitative estimate of drug-likeness (QED) is 0.793. The first-order valence-corrected chi connectivity index (χ1v) is 5.49. The molecular weight excluding hydrogens is 186 g/mol. The van der Waals surface area contributed by atoms with Crippen molar-refractivity contribution in [1.82, 2.24) is 0 Å². The summed E-state index contributed by atoms with van der Waals surface area (Å²) in [6.45, 7) is 6.39. The summed E-state index contributed by atoms with van der Waals surface area (Å²) < 4.78 is 0. The predicted molar refractivity (Wildman–Crippen MR) is 63.8 cm³/mol. The molecule has 0 aliphatic heterocycles. The van der Waals surface area contributed by atoms with Gasteiger partial charge in [-0.3, -0.25) is 0 Å². The molecule has 0 heterocycles. The molecule has 0 saturated heterocycles. The third-order valence-corrected chi connectivity index (χ3v) is 2.85. The molecule has 1 aromatic rings. The van der Waals surface area contributed by atoms with Crippen LogP contribution in [0.2, 0.25) is 0 Å². The normalized spacial score (nSPS) is 15.3. The van der Waals surface area contributed by atoms with Crippen LogP contribution in [0, 0.1) is 12.8 Å². The van der Waals surface area contributed by atoms with Crippen molar-refractivity contribution in [3.05, 3.63) is 35.4 Å². The molecule has 2 heteroatoms. The molecule has 0 bridgehead atoms. The van der Waals surface area contributed by atoms with Gasteiger partial charge in [0, 0.05) is 12.0 Å². The van der Waals surface area contributed by atoms with Crippen LogP contribution in [0.1, 0.15) is 30.9 Å². The van der Waals surface area contributed by atoms with Crippen LogP contribution in [0.4, 0.5) is 0 Å². The Labute approximate surface area is 92.1 Å². The molecule has 2 unspecified atom stereocenters. The van der Waals surface area contributed by atoms with Crippen LogP contribution in [0.5, 0.6) is 0 Å². The van der Waals surface area contributed by atoms with Crippen LogP contribution in [0.25, 0.3) is 0 Å². The molecule has 0 aromatic heterocycles. The Morgan fingerprint density at radius 2 is 1.73 bits per heavy atom. The SMILES string of the molecule is Cc1ccc(C(C(C)C)C(N)CO)cc1. The van der Waals surface area contributed by atoms with Crippen molar-refractivity contribution in [2.24, 2.45) is 11.7 Å². The van der Waals surface area contributed by atoms with Crippen molar-refractivity contribution in [2.75, 3.05) is 6.61 Å². The number of hydrogen-bond acceptors (Lipinski definition) is 2. The minimum atomic E-state index is -0.173. The number of aliphatic hydroxyl groups excluding tert-OH is 1. The average molecular weight is 207 g/mol. The average Bonchev–Trinajstić information content (AvgIpc) is 2.20. The maximum Gasteiger partial charge on any atom is 0.0588 e. The molecule has 0 saturated carbocycles. The van der Waals surface area contributed by atoms with Gasteiger partial charge in [-0.15, -0.1) is 0 Å². The highest BCUT2D eigenvalue weighted by molar-refractivity contribution is 5.26. The second-order valence-electron chi connectivity index (χ2n) is 4.53. The lowest BCUT2D eigenvalue weighted by molar-refractivity contribution is 0.232. The highest BCUT2D eigenvalue weighted by Gasteiger charge is 2.22. The fourth-order valence-corrected chi connectivity index (χ4v) is 2.03. The second kappa shape index (κ2) is 5.29. The van der Waals surface area contributed by atoms with E-state index in [9.17, 15) is 0 Å². The van der Waals surface area contributed by atoms with E-state index in [1.807, 2.05) is 0 Å². The van der Waals surface area contributed by atoms with Gasteiger partial charge in [-0.05, 0) is 18.4 Å². The van der Waals surface area contributed by atoms with Gasteiger partial charge >= 0.3 is 0 Å². The molecule has 2 nitrogen and oxygen atoms in total. The number of aryl methyl sites for hydroxylation is 1. The minimum Gasteiger partial charge on any atom is -0.395 e. The van der Waals surface area contributed by atoms with Crippen LogP contribution in [-0.2, 0) is 0 Å². The standard InChI is InChI=1S/C13H21NO/c1-9(2)13(12(14)8-15)11-6-4-10(3)5-7-11/h4-7,9,12-13,15H,8,14H2,1-3H3. The Hall–Kier alpha value is -0.860. The molecule has 0 fully saturated rings. The van der Waals surface area contributed by atoms with Crippen molar-refractivity contribution in [3.8, 4) is 0 Å². The number of rotatable bonds is 4. The van der Waals surface area contributed by atoms with E-state index in [2.05, 4.69) is 45.0 Å². The Kier molecular flexibility index (Phi) is 4.30. The lowest BCUT2D eigenvalue weighted by Crippen LogP contribution is -2.34. The predicted octanol–water partition coefficient (Wildman–Crippen LogP) is 2.05. The lowest BCUT2D eigenvalue weighted by atomic mass is 9.83. The zero-order valence-corrected chi connectivity index (χ0v) is 9.77. The third-order valence-electron chi connectivity index (χ3n) is 2.85. The van der Waals surface area contributed by atoms with Crippen LogP contribution in [-0.4, -0.2) is 17.8 Å². The minimum absolute atomic E-state index is 0.0384. The molecule has 0 aliphatic carbocycles. The third kappa shape index (κ3) is 3.05. The van der Waals surface area contributed by atoms with Crippen molar-refractivity contribution >= 4 is 0 Å². The number of hydrogen-bond donors (Lipinski definition) is 2. The van der Waals surface area contributed by atoms with Crippen molar-refractivity contribution in [1.29, 1.82) is 0 Å². The number of nitrogens with two attached hydrogens (primary N) is 1. The summed E-state index contributed by atoms with van der Waals surface area (Å²) in [6, 6.07) is 8.22. The topological polar surface area (TPSA) is 46.2 Å². The van der Waals surface area contributed by atoms with E-state index in [1.165, 1.54) is 11.1 Å². The van der Waals surface area contributed by atoms with E-state index < -0.39 is 0 Å². The number of benzene rings is 1. The lowest BCUT2D eigenvalue weighted by Gasteiger charge is -2.26. The van der Waals surface area contributed by atoms with E-state index in [0.29, 0.717) is 5.92 Å². The summed E-state index contributed by atoms with van der Waals surface area (Å²) in [5, 5.41) is 9.14. The van der Waals surface area contributed by atoms with Gasteiger partial charge in [-0.25, -0.2) is 0 Å². The second-order valence-corrected chi connectivity index (χ2v) is 4.53. The zero-order chi connectivity index (χ0) is 11.4. The van der Waals surface area contributed by atoms with E-state index in [0.717, 1.165) is 0 Å². The van der Waals surface area contributed by atoms with Gasteiger partial charge < -0.3 is 10.8 Å². The molecule has 0 spiro atoms. The summed E-state index contributed by atoms with van der Waals surface area (Å²) in [5.41, 5.74) is 8.41. The molecule has 2 atom stereocenters. The summed E-state index contributed by atoms with van der Waals surface area (Å²) in [4.78, 5) is 0. The fourth-order valence-electron chi connectivity index (χ4n) is 2.03. The van der Waals surface area contributed by atoms with Crippen LogP contribution in [0.3, 0.4) is 0 Å². The Balaban J connectivity index is 2.94. The fraction of sp³-hybridized carbons (Fsp3) is 0.538. The molecule has 15 heavy (non-hydrogen) atoms. The monoisotopic (exact) mass is 207 g/mol. The summed E-state index contributed by atoms with van der Waals surface area (Å²) in [6.07, 6.45) is 0. The first-order valence-electron chi connectivity index (χ1n) is 5.49. The Morgan fingerprint density at radius 3 is 2.13 bits per heavy atom. The zero-order valence-electron chi connectivity index (χ0n) is 9.77. The van der Waals surface area contributed by atoms with Gasteiger partial charge in [0.25, 0.3) is 0 Å². The molecule has 0 radical (unpaired) electrons. The van der Waals surface area contributed by atoms with Crippen LogP contribution >= 0.6 is 0 Å². The molecule has 0 aliphatic rings. The highest BCUT2D eigenvalue weighted by atomic mass is 16.3. The maximum atomic E-state index is 9.14. The summed E-state index contributed by atoms with van der Waals surface area (Å²) in [5.74, 6) is 0.672. The summed E-state index contributed by atoms with van der Waals surface area (Å²) >= 11 is 0. The van der Waals surface area contributed by atoms with Crippen LogP contribution in [0.15, 0.2) is 24.3 Å². The van der Waals surface area contributed by atoms with E-state index in [1.54, 1.807) is 0 Å². The Morgan fingerprint density at radius 1 is 1.20 bits per heavy atom. The van der Waals surface area contributed by atoms with E-state index in [4.69, 9.17) is 10.8 Å².